The second-order valence-corrected chi connectivity index (χ2v) is 8.45. The van der Waals surface area contributed by atoms with Crippen molar-refractivity contribution in [1.29, 1.82) is 0 Å². The monoisotopic (exact) mass is 391 g/mol. The van der Waals surface area contributed by atoms with Gasteiger partial charge in [-0.25, -0.2) is 0 Å². The molecule has 1 N–H and O–H groups in total. The van der Waals surface area contributed by atoms with E-state index < -0.39 is 0 Å². The van der Waals surface area contributed by atoms with E-state index in [1.54, 1.807) is 11.8 Å². The number of benzene rings is 2. The van der Waals surface area contributed by atoms with Gasteiger partial charge < -0.3 is 5.32 Å². The zero-order valence-electron chi connectivity index (χ0n) is 15.6. The van der Waals surface area contributed by atoms with E-state index in [1.807, 2.05) is 11.3 Å². The molecule has 0 saturated carbocycles. The Bertz CT molecular complexity index is 1030. The van der Waals surface area contributed by atoms with Crippen LogP contribution in [0.25, 0.3) is 16.3 Å². The first-order valence-electron chi connectivity index (χ1n) is 9.33. The number of thiazole rings is 1. The van der Waals surface area contributed by atoms with Crippen molar-refractivity contribution in [2.75, 3.05) is 5.32 Å². The number of para-hydroxylation sites is 2. The van der Waals surface area contributed by atoms with Crippen molar-refractivity contribution in [3.63, 3.8) is 0 Å². The molecule has 1 aliphatic rings. The summed E-state index contributed by atoms with van der Waals surface area (Å²) in [5, 5.41) is 5.90. The average molecular weight is 392 g/mol. The van der Waals surface area contributed by atoms with Crippen LogP contribution in [0, 0.1) is 0 Å². The largest absolute Gasteiger partial charge is 0.349 e. The lowest BCUT2D eigenvalue weighted by Crippen LogP contribution is -2.34. The normalized spacial score (nSPS) is 15.3. The Morgan fingerprint density at radius 1 is 1.00 bits per heavy atom. The van der Waals surface area contributed by atoms with Gasteiger partial charge in [0.2, 0.25) is 5.52 Å². The highest BCUT2D eigenvalue weighted by atomic mass is 32.2. The molecule has 1 aliphatic heterocycles. The van der Waals surface area contributed by atoms with E-state index in [1.165, 1.54) is 36.4 Å². The summed E-state index contributed by atoms with van der Waals surface area (Å²) in [5.74, 6) is 0. The second kappa shape index (κ2) is 8.15. The fourth-order valence-corrected chi connectivity index (χ4v) is 5.42. The minimum absolute atomic E-state index is 0.989. The zero-order chi connectivity index (χ0) is 18.6. The first kappa shape index (κ1) is 18.1. The van der Waals surface area contributed by atoms with E-state index in [4.69, 9.17) is 0 Å². The van der Waals surface area contributed by atoms with E-state index in [0.29, 0.717) is 0 Å². The van der Waals surface area contributed by atoms with Gasteiger partial charge in [0.15, 0.2) is 0 Å². The van der Waals surface area contributed by atoms with Gasteiger partial charge in [-0.05, 0) is 37.6 Å². The van der Waals surface area contributed by atoms with Crippen molar-refractivity contribution in [2.45, 2.75) is 31.7 Å². The summed E-state index contributed by atoms with van der Waals surface area (Å²) in [4.78, 5) is 1.29. The molecule has 2 nitrogen and oxygen atoms in total. The molecule has 2 aromatic carbocycles. The first-order chi connectivity index (χ1) is 13.3. The SMILES string of the molecule is CCc1cccc2sc(C=CC=CC=C3Nc4ccccc4S3)[n+](CC)c12. The molecular weight excluding hydrogens is 368 g/mol. The van der Waals surface area contributed by atoms with Gasteiger partial charge in [0, 0.05) is 16.5 Å². The van der Waals surface area contributed by atoms with Crippen molar-refractivity contribution in [3.05, 3.63) is 82.4 Å². The van der Waals surface area contributed by atoms with Crippen molar-refractivity contribution in [3.8, 4) is 0 Å². The number of nitrogens with one attached hydrogen (secondary N) is 1. The van der Waals surface area contributed by atoms with Crippen LogP contribution in [0.2, 0.25) is 0 Å². The Hall–Kier alpha value is -2.30. The first-order valence-corrected chi connectivity index (χ1v) is 11.0. The minimum atomic E-state index is 0.989. The highest BCUT2D eigenvalue weighted by Crippen LogP contribution is 2.40. The van der Waals surface area contributed by atoms with Crippen LogP contribution in [0.5, 0.6) is 0 Å². The molecule has 1 aromatic heterocycles. The van der Waals surface area contributed by atoms with Gasteiger partial charge in [-0.2, -0.15) is 4.57 Å². The third-order valence-corrected chi connectivity index (χ3v) is 6.75. The van der Waals surface area contributed by atoms with Gasteiger partial charge in [0.1, 0.15) is 11.2 Å². The van der Waals surface area contributed by atoms with E-state index in [2.05, 4.69) is 96.6 Å². The molecule has 3 aromatic rings. The molecule has 136 valence electrons. The number of anilines is 1. The Balaban J connectivity index is 1.51. The number of hydrogen-bond acceptors (Lipinski definition) is 3. The summed E-state index contributed by atoms with van der Waals surface area (Å²) in [7, 11) is 0. The van der Waals surface area contributed by atoms with Crippen molar-refractivity contribution in [2.24, 2.45) is 0 Å². The summed E-state index contributed by atoms with van der Waals surface area (Å²) >= 11 is 3.64. The maximum absolute atomic E-state index is 3.44. The molecule has 27 heavy (non-hydrogen) atoms. The minimum Gasteiger partial charge on any atom is -0.349 e. The predicted molar refractivity (Wildman–Crippen MR) is 119 cm³/mol. The lowest BCUT2D eigenvalue weighted by molar-refractivity contribution is -0.665. The Morgan fingerprint density at radius 3 is 2.70 bits per heavy atom. The molecule has 0 amide bonds. The molecule has 2 heterocycles. The maximum atomic E-state index is 3.44. The van der Waals surface area contributed by atoms with Gasteiger partial charge in [0.25, 0.3) is 5.01 Å². The zero-order valence-corrected chi connectivity index (χ0v) is 17.2. The van der Waals surface area contributed by atoms with E-state index >= 15 is 0 Å². The van der Waals surface area contributed by atoms with E-state index in [0.717, 1.165) is 13.0 Å². The van der Waals surface area contributed by atoms with Crippen LogP contribution >= 0.6 is 23.1 Å². The van der Waals surface area contributed by atoms with Crippen molar-refractivity contribution in [1.82, 2.24) is 0 Å². The van der Waals surface area contributed by atoms with Crippen LogP contribution in [-0.2, 0) is 13.0 Å². The average Bonchev–Trinajstić information content (AvgIpc) is 3.27. The molecule has 4 rings (SSSR count). The summed E-state index contributed by atoms with van der Waals surface area (Å²) in [6.07, 6.45) is 11.7. The number of aromatic nitrogens is 1. The standard InChI is InChI=1S/C23H22N2S2/c1-3-17-11-10-14-20-23(17)25(4-2)22(27-20)16-7-5-6-15-21-24-18-12-8-9-13-19(18)26-21/h5-16H,3-4H2,1-2H3/p+1. The van der Waals surface area contributed by atoms with Crippen molar-refractivity contribution < 1.29 is 4.57 Å². The van der Waals surface area contributed by atoms with Crippen molar-refractivity contribution >= 4 is 45.1 Å². The van der Waals surface area contributed by atoms with Gasteiger partial charge in [-0.1, -0.05) is 72.5 Å². The lowest BCUT2D eigenvalue weighted by Gasteiger charge is -1.97. The molecule has 0 fully saturated rings. The van der Waals surface area contributed by atoms with Crippen LogP contribution in [0.4, 0.5) is 5.69 Å². The van der Waals surface area contributed by atoms with Gasteiger partial charge >= 0.3 is 0 Å². The van der Waals surface area contributed by atoms with Crippen LogP contribution in [0.1, 0.15) is 24.4 Å². The summed E-state index contributed by atoms with van der Waals surface area (Å²) in [6.45, 7) is 5.44. The van der Waals surface area contributed by atoms with Crippen LogP contribution in [0.15, 0.2) is 76.7 Å². The number of nitrogens with zero attached hydrogens (tertiary/aromatic N) is 1. The third kappa shape index (κ3) is 3.73. The van der Waals surface area contributed by atoms with Gasteiger partial charge in [-0.3, -0.25) is 0 Å². The molecule has 0 unspecified atom stereocenters. The van der Waals surface area contributed by atoms with Crippen LogP contribution in [-0.4, -0.2) is 0 Å². The van der Waals surface area contributed by atoms with E-state index in [-0.39, 0.29) is 0 Å². The smallest absolute Gasteiger partial charge is 0.262 e. The molecule has 0 bridgehead atoms. The maximum Gasteiger partial charge on any atom is 0.262 e. The fraction of sp³-hybridized carbons (Fsp3) is 0.174. The predicted octanol–water partition coefficient (Wildman–Crippen LogP) is 6.40. The number of fused-ring (bicyclic) bond motifs is 2. The number of aryl methyl sites for hydroxylation is 2. The Kier molecular flexibility index (Phi) is 5.46. The Morgan fingerprint density at radius 2 is 1.89 bits per heavy atom. The fourth-order valence-electron chi connectivity index (χ4n) is 3.31. The number of rotatable bonds is 5. The third-order valence-electron chi connectivity index (χ3n) is 4.60. The Labute approximate surface area is 168 Å². The van der Waals surface area contributed by atoms with E-state index in [9.17, 15) is 0 Å². The molecule has 4 heteroatoms. The quantitative estimate of drug-likeness (QED) is 0.400. The number of thioether (sulfide) groups is 1. The molecular formula is C23H23N2S2+. The van der Waals surface area contributed by atoms with Crippen LogP contribution in [0.3, 0.4) is 0 Å². The highest BCUT2D eigenvalue weighted by molar-refractivity contribution is 8.03. The molecule has 0 saturated heterocycles. The molecule has 0 radical (unpaired) electrons. The summed E-state index contributed by atoms with van der Waals surface area (Å²) in [6, 6.07) is 15.0. The molecule has 0 atom stereocenters. The molecule has 0 spiro atoms. The summed E-state index contributed by atoms with van der Waals surface area (Å²) < 4.78 is 3.79. The second-order valence-electron chi connectivity index (χ2n) is 6.30. The topological polar surface area (TPSA) is 15.9 Å². The molecule has 0 aliphatic carbocycles. The summed E-state index contributed by atoms with van der Waals surface area (Å²) in [5.41, 5.74) is 4.01. The van der Waals surface area contributed by atoms with Crippen LogP contribution < -0.4 is 9.88 Å². The lowest BCUT2D eigenvalue weighted by atomic mass is 10.1. The van der Waals surface area contributed by atoms with Gasteiger partial charge in [0.05, 0.1) is 10.7 Å². The highest BCUT2D eigenvalue weighted by Gasteiger charge is 2.19. The number of allylic oxidation sites excluding steroid dienone is 4. The number of hydrogen-bond donors (Lipinski definition) is 1. The van der Waals surface area contributed by atoms with Gasteiger partial charge in [-0.15, -0.1) is 0 Å².